The number of nitrogens with two attached hydrogens (primary N) is 2. The number of unbranched alkanes of at least 4 members (excludes halogenated alkanes) is 1. The number of hydrogen-bond donors (Lipinski definition) is 17. The van der Waals surface area contributed by atoms with Crippen LogP contribution in [0, 0.1) is 19.7 Å². The first kappa shape index (κ1) is 85.3. The number of aliphatic hydroxyl groups is 2. The van der Waals surface area contributed by atoms with Crippen LogP contribution in [0.4, 0.5) is 4.39 Å². The van der Waals surface area contributed by atoms with E-state index in [0.717, 1.165) is 80.0 Å². The molecule has 2 heterocycles. The van der Waals surface area contributed by atoms with Gasteiger partial charge < -0.3 is 89.7 Å². The predicted molar refractivity (Wildman–Crippen MR) is 389 cm³/mol. The number of primary amides is 1. The Kier molecular flexibility index (Phi) is 33.1. The molecular weight excluding hydrogens is 1400 g/mol. The molecule has 108 heavy (non-hydrogen) atoms. The van der Waals surface area contributed by atoms with Gasteiger partial charge in [-0.05, 0) is 145 Å². The molecule has 0 aliphatic heterocycles. The van der Waals surface area contributed by atoms with E-state index in [4.69, 9.17) is 16.2 Å². The number of aliphatic hydroxyl groups excluding tert-OH is 2. The summed E-state index contributed by atoms with van der Waals surface area (Å²) < 4.78 is 21.4. The molecule has 0 radical (unpaired) electrons. The SMILES string of the molecule is CCc1cc(OCCCCN)ccc1-c1ccc(C[C@H](NC(=O)[C@H](CC(=O)O)NC(=O)[C@H](C)NC(=O)[C@@H](NC(=O)[C@](C)(Cc2ccccc2F)NC(=O)[C@@H](NC(=O)CNC(=O)[C@H](Cc2nn[nH]n2)NC(=O)CNC(=O)CCc2c[nH]cn2)[C@@H](C)O)[C@@H](C)O)C(=O)N[C@@H](CCCc2cc(C)cc(C)c2)C(N)=O)cc1. The monoisotopic (exact) mass is 1500 g/mol. The second-order valence-corrected chi connectivity index (χ2v) is 26.5. The van der Waals surface area contributed by atoms with Gasteiger partial charge in [0.05, 0.1) is 50.3 Å². The van der Waals surface area contributed by atoms with E-state index >= 15 is 4.39 Å². The predicted octanol–water partition coefficient (Wildman–Crippen LogP) is -1.05. The lowest BCUT2D eigenvalue weighted by molar-refractivity contribution is -0.142. The van der Waals surface area contributed by atoms with E-state index in [1.165, 1.54) is 24.5 Å². The van der Waals surface area contributed by atoms with Crippen molar-refractivity contribution in [3.63, 3.8) is 0 Å². The molecule has 4 aromatic carbocycles. The number of aliphatic carboxylic acids is 1. The number of amides is 11. The van der Waals surface area contributed by atoms with Gasteiger partial charge in [0.2, 0.25) is 65.0 Å². The number of nitrogens with one attached hydrogen (secondary N) is 12. The molecule has 0 aliphatic rings. The molecule has 0 saturated carbocycles. The van der Waals surface area contributed by atoms with E-state index in [9.17, 15) is 72.9 Å². The Morgan fingerprint density at radius 3 is 1.93 bits per heavy atom. The van der Waals surface area contributed by atoms with Crippen molar-refractivity contribution in [1.82, 2.24) is 83.8 Å². The Morgan fingerprint density at radius 1 is 0.648 bits per heavy atom. The zero-order valence-electron chi connectivity index (χ0n) is 61.2. The number of halogens is 1. The number of nitrogens with zero attached hydrogens (tertiary/aromatic N) is 4. The standard InChI is InChI=1S/C73H97FN18O16/c1-8-47-32-51(108-27-12-11-26-75)23-24-52(47)48-20-18-45(19-21-48)31-55(68(103)83-54(65(76)100)17-13-14-46-29-40(2)28-41(3)30-46)85-69(104)57(34-62(98)99)84-66(101)42(4)81-70(105)63(43(5)93)87-72(107)73(7,35-49-15-9-10-16-53(49)74)88-71(106)64(44(6)94)86-61(97)38-79-67(102)56(33-58-89-91-92-90-58)82-60(96)37-78-59(95)25-22-50-36-77-39-80-50/h9-10,15-16,18-21,23-24,28-30,32,36,39,42-44,54-57,63-64,93-94H,8,11-14,17,22,25-27,31,33-35,37-38,75H2,1-7H3,(H2,76,100)(H,77,80)(H,78,95)(H,79,102)(H,81,105)(H,82,96)(H,83,103)(H,84,101)(H,85,104)(H,86,97)(H,87,107)(H,88,106)(H,98,99)(H,89,90,91,92)/t42-,43+,44+,54-,55-,56-,57-,63-,64-,73-/m0/s1. The fourth-order valence-corrected chi connectivity index (χ4v) is 11.6. The Labute approximate surface area is 622 Å². The van der Waals surface area contributed by atoms with Crippen LogP contribution in [0.1, 0.15) is 118 Å². The average molecular weight is 1500 g/mol. The summed E-state index contributed by atoms with van der Waals surface area (Å²) in [6.07, 6.45) is 0.722. The molecule has 0 bridgehead atoms. The largest absolute Gasteiger partial charge is 0.494 e. The minimum atomic E-state index is -2.34. The second-order valence-electron chi connectivity index (χ2n) is 26.5. The maximum absolute atomic E-state index is 15.5. The molecule has 6 aromatic rings. The van der Waals surface area contributed by atoms with E-state index in [-0.39, 0.29) is 43.5 Å². The highest BCUT2D eigenvalue weighted by Crippen LogP contribution is 2.29. The van der Waals surface area contributed by atoms with Gasteiger partial charge in [0.15, 0.2) is 5.82 Å². The molecule has 10 atom stereocenters. The highest BCUT2D eigenvalue weighted by Gasteiger charge is 2.42. The maximum Gasteiger partial charge on any atom is 0.305 e. The van der Waals surface area contributed by atoms with Gasteiger partial charge in [0.1, 0.15) is 59.4 Å². The zero-order chi connectivity index (χ0) is 79.2. The summed E-state index contributed by atoms with van der Waals surface area (Å²) in [5.74, 6) is -13.1. The third kappa shape index (κ3) is 27.4. The molecule has 19 N–H and O–H groups in total. The molecule has 2 aromatic heterocycles. The van der Waals surface area contributed by atoms with Gasteiger partial charge >= 0.3 is 5.97 Å². The van der Waals surface area contributed by atoms with Crippen LogP contribution >= 0.6 is 0 Å². The number of H-pyrrole nitrogens is 2. The molecule has 0 aliphatic carbocycles. The fraction of sp³-hybridized carbons (Fsp3) is 0.452. The van der Waals surface area contributed by atoms with Gasteiger partial charge in [-0.3, -0.25) is 57.5 Å². The zero-order valence-corrected chi connectivity index (χ0v) is 61.2. The van der Waals surface area contributed by atoms with Gasteiger partial charge in [0, 0.05) is 31.9 Å². The molecule has 0 saturated heterocycles. The molecule has 6 rings (SSSR count). The minimum absolute atomic E-state index is 0.0105. The highest BCUT2D eigenvalue weighted by molar-refractivity contribution is 6.00. The molecule has 0 fully saturated rings. The molecule has 0 spiro atoms. The van der Waals surface area contributed by atoms with Crippen molar-refractivity contribution >= 4 is 70.9 Å². The summed E-state index contributed by atoms with van der Waals surface area (Å²) in [7, 11) is 0. The van der Waals surface area contributed by atoms with E-state index in [2.05, 4.69) is 83.8 Å². The Hall–Kier alpha value is -11.6. The van der Waals surface area contributed by atoms with Gasteiger partial charge in [-0.2, -0.15) is 5.21 Å². The number of tetrazole rings is 1. The molecular formula is C73H97FN18O16. The summed E-state index contributed by atoms with van der Waals surface area (Å²) in [5.41, 5.74) is 15.9. The van der Waals surface area contributed by atoms with Crippen LogP contribution < -0.4 is 69.4 Å². The number of carbonyl (C=O) groups excluding carboxylic acids is 11. The minimum Gasteiger partial charge on any atom is -0.494 e. The lowest BCUT2D eigenvalue weighted by atomic mass is 9.90. The van der Waals surface area contributed by atoms with Crippen LogP contribution in [0.25, 0.3) is 11.1 Å². The van der Waals surface area contributed by atoms with Crippen LogP contribution in [-0.2, 0) is 96.1 Å². The van der Waals surface area contributed by atoms with Crippen molar-refractivity contribution in [3.05, 3.63) is 148 Å². The Morgan fingerprint density at radius 2 is 1.30 bits per heavy atom. The van der Waals surface area contributed by atoms with E-state index in [0.29, 0.717) is 49.4 Å². The molecule has 582 valence electrons. The van der Waals surface area contributed by atoms with Gasteiger partial charge in [-0.1, -0.05) is 90.0 Å². The Bertz CT molecular complexity index is 4050. The number of imidazole rings is 1. The van der Waals surface area contributed by atoms with Crippen molar-refractivity contribution in [2.24, 2.45) is 11.5 Å². The van der Waals surface area contributed by atoms with E-state index in [1.54, 1.807) is 18.3 Å². The summed E-state index contributed by atoms with van der Waals surface area (Å²) in [6.45, 7) is 9.89. The van der Waals surface area contributed by atoms with Crippen molar-refractivity contribution in [2.75, 3.05) is 26.2 Å². The number of ether oxygens (including phenoxy) is 1. The highest BCUT2D eigenvalue weighted by atomic mass is 19.1. The first-order valence-electron chi connectivity index (χ1n) is 35.3. The number of carboxylic acids is 1. The van der Waals surface area contributed by atoms with E-state index < -0.39 is 163 Å². The smallest absolute Gasteiger partial charge is 0.305 e. The molecule has 35 heteroatoms. The van der Waals surface area contributed by atoms with Crippen molar-refractivity contribution < 1.29 is 82.0 Å². The number of aryl methyl sites for hydroxylation is 5. The number of aromatic amines is 2. The number of aromatic nitrogens is 6. The normalized spacial score (nSPS) is 14.2. The van der Waals surface area contributed by atoms with Crippen LogP contribution in [0.2, 0.25) is 0 Å². The first-order chi connectivity index (χ1) is 51.3. The Balaban J connectivity index is 1.15. The number of benzene rings is 4. The lowest BCUT2D eigenvalue weighted by Gasteiger charge is -2.34. The third-order valence-corrected chi connectivity index (χ3v) is 17.3. The lowest BCUT2D eigenvalue weighted by Crippen LogP contribution is -2.66. The number of carboxylic acid groups (broad SMARTS) is 1. The molecule has 0 unspecified atom stereocenters. The second kappa shape index (κ2) is 41.9. The van der Waals surface area contributed by atoms with E-state index in [1.807, 2.05) is 69.3 Å². The van der Waals surface area contributed by atoms with Gasteiger partial charge in [-0.15, -0.1) is 10.2 Å². The van der Waals surface area contributed by atoms with Crippen molar-refractivity contribution in [1.29, 1.82) is 0 Å². The van der Waals surface area contributed by atoms with Crippen LogP contribution in [0.15, 0.2) is 97.5 Å². The fourth-order valence-electron chi connectivity index (χ4n) is 11.6. The topological polar surface area (TPSA) is 530 Å². The van der Waals surface area contributed by atoms with Crippen LogP contribution in [-0.4, -0.2) is 203 Å². The summed E-state index contributed by atoms with van der Waals surface area (Å²) in [5, 5.41) is 69.2. The van der Waals surface area contributed by atoms with Crippen LogP contribution in [0.3, 0.4) is 0 Å². The third-order valence-electron chi connectivity index (χ3n) is 17.3. The quantitative estimate of drug-likeness (QED) is 0.0203. The number of rotatable bonds is 44. The summed E-state index contributed by atoms with van der Waals surface area (Å²) in [6, 6.07) is 12.1. The van der Waals surface area contributed by atoms with Crippen molar-refractivity contribution in [2.45, 2.75) is 186 Å². The molecule has 34 nitrogen and oxygen atoms in total. The van der Waals surface area contributed by atoms with Gasteiger partial charge in [0.25, 0.3) is 0 Å². The average Bonchev–Trinajstić information content (AvgIpc) is 0.947. The molecule has 11 amide bonds. The van der Waals surface area contributed by atoms with Crippen LogP contribution in [0.5, 0.6) is 5.75 Å². The summed E-state index contributed by atoms with van der Waals surface area (Å²) in [4.78, 5) is 171. The first-order valence-corrected chi connectivity index (χ1v) is 35.3. The number of hydrogen-bond acceptors (Lipinski definition) is 20. The number of carbonyl (C=O) groups is 12. The van der Waals surface area contributed by atoms with Crippen molar-refractivity contribution in [3.8, 4) is 16.9 Å². The maximum atomic E-state index is 15.5. The summed E-state index contributed by atoms with van der Waals surface area (Å²) >= 11 is 0. The van der Waals surface area contributed by atoms with Gasteiger partial charge in [-0.25, -0.2) is 9.37 Å².